The van der Waals surface area contributed by atoms with Crippen molar-refractivity contribution < 1.29 is 17.9 Å². The second kappa shape index (κ2) is 10.5. The molecule has 0 bridgehead atoms. The summed E-state index contributed by atoms with van der Waals surface area (Å²) in [4.78, 5) is 12.7. The van der Waals surface area contributed by atoms with Crippen molar-refractivity contribution >= 4 is 27.3 Å². The first-order chi connectivity index (χ1) is 15.7. The number of benzene rings is 3. The van der Waals surface area contributed by atoms with Gasteiger partial charge >= 0.3 is 0 Å². The first-order valence-corrected chi connectivity index (χ1v) is 12.4. The predicted molar refractivity (Wildman–Crippen MR) is 132 cm³/mol. The van der Waals surface area contributed by atoms with Crippen LogP contribution in [-0.4, -0.2) is 27.5 Å². The van der Waals surface area contributed by atoms with Gasteiger partial charge in [-0.15, -0.1) is 0 Å². The van der Waals surface area contributed by atoms with Crippen molar-refractivity contribution in [1.29, 1.82) is 0 Å². The maximum absolute atomic E-state index is 13.0. The molecule has 33 heavy (non-hydrogen) atoms. The zero-order chi connectivity index (χ0) is 24.0. The summed E-state index contributed by atoms with van der Waals surface area (Å²) in [5, 5.41) is 2.96. The number of anilines is 2. The van der Waals surface area contributed by atoms with Gasteiger partial charge in [-0.25, -0.2) is 8.42 Å². The molecule has 0 aliphatic heterocycles. The average molecular weight is 467 g/mol. The number of ether oxygens (including phenoxy) is 1. The van der Waals surface area contributed by atoms with Crippen molar-refractivity contribution in [1.82, 2.24) is 0 Å². The van der Waals surface area contributed by atoms with Crippen LogP contribution < -0.4 is 14.4 Å². The van der Waals surface area contributed by atoms with Gasteiger partial charge in [-0.05, 0) is 67.3 Å². The first kappa shape index (κ1) is 24.3. The van der Waals surface area contributed by atoms with E-state index < -0.39 is 10.0 Å². The highest BCUT2D eigenvalue weighted by molar-refractivity contribution is 7.92. The fourth-order valence-corrected chi connectivity index (χ4v) is 5.08. The summed E-state index contributed by atoms with van der Waals surface area (Å²) < 4.78 is 32.9. The molecule has 0 radical (unpaired) electrons. The van der Waals surface area contributed by atoms with Gasteiger partial charge in [0.15, 0.2) is 6.61 Å². The molecule has 174 valence electrons. The molecule has 0 saturated carbocycles. The average Bonchev–Trinajstić information content (AvgIpc) is 2.80. The molecule has 0 spiro atoms. The van der Waals surface area contributed by atoms with E-state index in [1.807, 2.05) is 25.1 Å². The smallest absolute Gasteiger partial charge is 0.264 e. The Morgan fingerprint density at radius 2 is 1.64 bits per heavy atom. The molecule has 1 N–H and O–H groups in total. The van der Waals surface area contributed by atoms with E-state index in [4.69, 9.17) is 4.74 Å². The summed E-state index contributed by atoms with van der Waals surface area (Å²) in [7, 11) is -3.66. The van der Waals surface area contributed by atoms with E-state index in [1.165, 1.54) is 4.31 Å². The van der Waals surface area contributed by atoms with E-state index >= 15 is 0 Å². The number of hydrogen-bond acceptors (Lipinski definition) is 4. The number of amides is 1. The van der Waals surface area contributed by atoms with Gasteiger partial charge in [0.05, 0.1) is 10.6 Å². The van der Waals surface area contributed by atoms with Crippen LogP contribution in [0.4, 0.5) is 11.4 Å². The summed E-state index contributed by atoms with van der Waals surface area (Å²) in [5.74, 6) is 0.510. The Labute approximate surface area is 196 Å². The van der Waals surface area contributed by atoms with E-state index in [9.17, 15) is 13.2 Å². The third-order valence-electron chi connectivity index (χ3n) is 5.30. The van der Waals surface area contributed by atoms with Crippen molar-refractivity contribution in [2.75, 3.05) is 22.8 Å². The van der Waals surface area contributed by atoms with Crippen LogP contribution in [0.5, 0.6) is 5.75 Å². The van der Waals surface area contributed by atoms with Gasteiger partial charge in [-0.2, -0.15) is 0 Å². The van der Waals surface area contributed by atoms with E-state index in [0.29, 0.717) is 11.4 Å². The lowest BCUT2D eigenvalue weighted by molar-refractivity contribution is -0.118. The lowest BCUT2D eigenvalue weighted by Gasteiger charge is -2.23. The summed E-state index contributed by atoms with van der Waals surface area (Å²) in [6.07, 6.45) is 0. The fraction of sp³-hybridized carbons (Fsp3) is 0.269. The number of aryl methyl sites for hydroxylation is 1. The molecule has 0 aliphatic rings. The fourth-order valence-electron chi connectivity index (χ4n) is 3.59. The van der Waals surface area contributed by atoms with Crippen LogP contribution in [0.15, 0.2) is 77.7 Å². The molecule has 0 fully saturated rings. The number of nitrogens with zero attached hydrogens (tertiary/aromatic N) is 1. The number of rotatable bonds is 9. The molecule has 0 unspecified atom stereocenters. The number of nitrogens with one attached hydrogen (secondary N) is 1. The van der Waals surface area contributed by atoms with Crippen molar-refractivity contribution in [3.05, 3.63) is 83.9 Å². The van der Waals surface area contributed by atoms with E-state index in [0.717, 1.165) is 16.8 Å². The molecular weight excluding hydrogens is 436 g/mol. The maximum atomic E-state index is 13.0. The quantitative estimate of drug-likeness (QED) is 0.461. The molecule has 1 amide bonds. The molecule has 7 heteroatoms. The van der Waals surface area contributed by atoms with Crippen molar-refractivity contribution in [2.45, 2.75) is 38.5 Å². The SMILES string of the molecule is CCN(c1ccc(OCC(=O)Nc2c(C)cccc2C(C)C)cc1)S(=O)(=O)c1ccccc1. The molecule has 0 aliphatic carbocycles. The number of sulfonamides is 1. The second-order valence-corrected chi connectivity index (χ2v) is 9.87. The molecule has 0 saturated heterocycles. The van der Waals surface area contributed by atoms with Gasteiger partial charge in [0.1, 0.15) is 5.75 Å². The molecular formula is C26H30N2O4S. The number of hydrogen-bond donors (Lipinski definition) is 1. The maximum Gasteiger partial charge on any atom is 0.264 e. The van der Waals surface area contributed by atoms with E-state index in [2.05, 4.69) is 19.2 Å². The van der Waals surface area contributed by atoms with Gasteiger partial charge in [0, 0.05) is 12.2 Å². The largest absolute Gasteiger partial charge is 0.484 e. The van der Waals surface area contributed by atoms with Crippen LogP contribution in [0, 0.1) is 6.92 Å². The summed E-state index contributed by atoms with van der Waals surface area (Å²) in [5.41, 5.74) is 3.42. The van der Waals surface area contributed by atoms with Gasteiger partial charge in [-0.1, -0.05) is 50.2 Å². The van der Waals surface area contributed by atoms with Crippen molar-refractivity contribution in [3.63, 3.8) is 0 Å². The normalized spacial score (nSPS) is 11.3. The zero-order valence-electron chi connectivity index (χ0n) is 19.4. The van der Waals surface area contributed by atoms with Gasteiger partial charge < -0.3 is 10.1 Å². The molecule has 0 aromatic heterocycles. The molecule has 0 atom stereocenters. The van der Waals surface area contributed by atoms with Crippen LogP contribution in [0.3, 0.4) is 0 Å². The lowest BCUT2D eigenvalue weighted by atomic mass is 9.98. The Kier molecular flexibility index (Phi) is 7.76. The molecule has 3 aromatic carbocycles. The second-order valence-electron chi connectivity index (χ2n) is 8.01. The Bertz CT molecular complexity index is 1190. The lowest BCUT2D eigenvalue weighted by Crippen LogP contribution is -2.30. The monoisotopic (exact) mass is 466 g/mol. The summed E-state index contributed by atoms with van der Waals surface area (Å²) in [6.45, 7) is 8.05. The molecule has 3 aromatic rings. The molecule has 6 nitrogen and oxygen atoms in total. The highest BCUT2D eigenvalue weighted by Gasteiger charge is 2.23. The van der Waals surface area contributed by atoms with Gasteiger partial charge in [-0.3, -0.25) is 9.10 Å². The van der Waals surface area contributed by atoms with Crippen LogP contribution in [0.1, 0.15) is 37.8 Å². The van der Waals surface area contributed by atoms with Crippen molar-refractivity contribution in [2.24, 2.45) is 0 Å². The van der Waals surface area contributed by atoms with E-state index in [1.54, 1.807) is 61.5 Å². The number of carbonyl (C=O) groups is 1. The Morgan fingerprint density at radius 1 is 0.970 bits per heavy atom. The van der Waals surface area contributed by atoms with Crippen molar-refractivity contribution in [3.8, 4) is 5.75 Å². The molecule has 3 rings (SSSR count). The molecule has 0 heterocycles. The highest BCUT2D eigenvalue weighted by Crippen LogP contribution is 2.28. The summed E-state index contributed by atoms with van der Waals surface area (Å²) in [6, 6.07) is 21.0. The number of carbonyl (C=O) groups excluding carboxylic acids is 1. The predicted octanol–water partition coefficient (Wildman–Crippen LogP) is 5.35. The van der Waals surface area contributed by atoms with Crippen LogP contribution >= 0.6 is 0 Å². The third-order valence-corrected chi connectivity index (χ3v) is 7.22. The van der Waals surface area contributed by atoms with Crippen LogP contribution in [0.2, 0.25) is 0 Å². The first-order valence-electron chi connectivity index (χ1n) is 10.9. The van der Waals surface area contributed by atoms with Crippen LogP contribution in [-0.2, 0) is 14.8 Å². The Hall–Kier alpha value is -3.32. The minimum absolute atomic E-state index is 0.148. The van der Waals surface area contributed by atoms with Gasteiger partial charge in [0.25, 0.3) is 15.9 Å². The number of para-hydroxylation sites is 1. The van der Waals surface area contributed by atoms with Crippen LogP contribution in [0.25, 0.3) is 0 Å². The minimum Gasteiger partial charge on any atom is -0.484 e. The standard InChI is InChI=1S/C26H30N2O4S/c1-5-28(33(30,31)23-11-7-6-8-12-23)21-14-16-22(17-15-21)32-18-25(29)27-26-20(4)10-9-13-24(26)19(2)3/h6-17,19H,5,18H2,1-4H3,(H,27,29). The van der Waals surface area contributed by atoms with E-state index in [-0.39, 0.29) is 29.9 Å². The summed E-state index contributed by atoms with van der Waals surface area (Å²) >= 11 is 0. The third kappa shape index (κ3) is 5.73. The Morgan fingerprint density at radius 3 is 2.24 bits per heavy atom. The Balaban J connectivity index is 1.67. The zero-order valence-corrected chi connectivity index (χ0v) is 20.2. The topological polar surface area (TPSA) is 75.7 Å². The van der Waals surface area contributed by atoms with Gasteiger partial charge in [0.2, 0.25) is 0 Å². The minimum atomic E-state index is -3.66. The highest BCUT2D eigenvalue weighted by atomic mass is 32.2.